The minimum atomic E-state index is -0.0357. The molecule has 0 fully saturated rings. The summed E-state index contributed by atoms with van der Waals surface area (Å²) in [7, 11) is 0. The highest BCUT2D eigenvalue weighted by Crippen LogP contribution is 2.17. The molecule has 3 heteroatoms. The van der Waals surface area contributed by atoms with E-state index in [1.165, 1.54) is 5.56 Å². The van der Waals surface area contributed by atoms with Crippen LogP contribution in [-0.2, 0) is 0 Å². The van der Waals surface area contributed by atoms with Crippen LogP contribution < -0.4 is 10.1 Å². The second-order valence-corrected chi connectivity index (χ2v) is 6.35. The summed E-state index contributed by atoms with van der Waals surface area (Å²) >= 11 is 0. The molecule has 0 aliphatic carbocycles. The van der Waals surface area contributed by atoms with E-state index in [0.29, 0.717) is 18.1 Å². The highest BCUT2D eigenvalue weighted by Gasteiger charge is 2.02. The topological polar surface area (TPSA) is 38.3 Å². The number of unbranched alkanes of at least 4 members (excludes halogenated alkanes) is 1. The normalized spacial score (nSPS) is 11.0. The smallest absolute Gasteiger partial charge is 0.187 e. The van der Waals surface area contributed by atoms with Gasteiger partial charge in [0.05, 0.1) is 6.61 Å². The van der Waals surface area contributed by atoms with Crippen molar-refractivity contribution >= 4 is 11.5 Å². The molecule has 0 unspecified atom stereocenters. The van der Waals surface area contributed by atoms with Gasteiger partial charge in [0.1, 0.15) is 5.75 Å². The molecule has 2 aromatic rings. The van der Waals surface area contributed by atoms with E-state index in [-0.39, 0.29) is 5.78 Å². The van der Waals surface area contributed by atoms with Crippen molar-refractivity contribution in [3.8, 4) is 5.75 Å². The number of hydrogen-bond donors (Lipinski definition) is 1. The molecule has 0 heterocycles. The summed E-state index contributed by atoms with van der Waals surface area (Å²) in [4.78, 5) is 12.2. The number of anilines is 1. The van der Waals surface area contributed by atoms with Crippen molar-refractivity contribution < 1.29 is 9.53 Å². The second-order valence-electron chi connectivity index (χ2n) is 6.35. The van der Waals surface area contributed by atoms with Crippen molar-refractivity contribution in [1.82, 2.24) is 0 Å². The Morgan fingerprint density at radius 3 is 2.36 bits per heavy atom. The molecule has 0 atom stereocenters. The van der Waals surface area contributed by atoms with Crippen molar-refractivity contribution in [2.45, 2.75) is 39.5 Å². The van der Waals surface area contributed by atoms with E-state index in [9.17, 15) is 4.79 Å². The summed E-state index contributed by atoms with van der Waals surface area (Å²) in [6.45, 7) is 7.18. The summed E-state index contributed by atoms with van der Waals surface area (Å²) in [5.74, 6) is 1.28. The van der Waals surface area contributed by atoms with E-state index in [1.807, 2.05) is 24.3 Å². The van der Waals surface area contributed by atoms with Gasteiger partial charge in [0, 0.05) is 23.5 Å². The molecule has 0 amide bonds. The maximum Gasteiger partial charge on any atom is 0.187 e. The van der Waals surface area contributed by atoms with E-state index < -0.39 is 0 Å². The van der Waals surface area contributed by atoms with Crippen molar-refractivity contribution in [3.05, 3.63) is 71.9 Å². The Balaban J connectivity index is 1.87. The van der Waals surface area contributed by atoms with Gasteiger partial charge in [0.25, 0.3) is 0 Å². The predicted molar refractivity (Wildman–Crippen MR) is 104 cm³/mol. The van der Waals surface area contributed by atoms with Gasteiger partial charge in [0.15, 0.2) is 5.78 Å². The van der Waals surface area contributed by atoms with Crippen molar-refractivity contribution in [3.63, 3.8) is 0 Å². The zero-order chi connectivity index (χ0) is 18.1. The van der Waals surface area contributed by atoms with Gasteiger partial charge in [-0.1, -0.05) is 39.3 Å². The quantitative estimate of drug-likeness (QED) is 0.357. The molecular weight excluding hydrogens is 310 g/mol. The third-order valence-electron chi connectivity index (χ3n) is 3.97. The number of carbonyl (C=O) groups is 1. The Bertz CT molecular complexity index is 685. The van der Waals surface area contributed by atoms with Gasteiger partial charge in [-0.3, -0.25) is 4.79 Å². The third kappa shape index (κ3) is 6.11. The van der Waals surface area contributed by atoms with Crippen LogP contribution in [-0.4, -0.2) is 12.4 Å². The number of ketones is 1. The van der Waals surface area contributed by atoms with Crippen LogP contribution in [0.1, 0.15) is 55.5 Å². The van der Waals surface area contributed by atoms with Crippen LogP contribution in [0.25, 0.3) is 0 Å². The van der Waals surface area contributed by atoms with E-state index in [1.54, 1.807) is 24.4 Å². The number of allylic oxidation sites excluding steroid dienone is 1. The Labute approximate surface area is 150 Å². The molecule has 0 aliphatic rings. The molecule has 2 aromatic carbocycles. The van der Waals surface area contributed by atoms with Gasteiger partial charge in [-0.05, 0) is 54.3 Å². The largest absolute Gasteiger partial charge is 0.494 e. The zero-order valence-electron chi connectivity index (χ0n) is 15.3. The minimum Gasteiger partial charge on any atom is -0.494 e. The fraction of sp³-hybridized carbons (Fsp3) is 0.318. The number of benzene rings is 2. The molecule has 0 saturated carbocycles. The minimum absolute atomic E-state index is 0.0357. The molecule has 0 aliphatic heterocycles. The van der Waals surface area contributed by atoms with Crippen molar-refractivity contribution in [2.75, 3.05) is 11.9 Å². The maximum absolute atomic E-state index is 12.2. The van der Waals surface area contributed by atoms with Crippen LogP contribution >= 0.6 is 0 Å². The zero-order valence-corrected chi connectivity index (χ0v) is 15.3. The van der Waals surface area contributed by atoms with E-state index in [2.05, 4.69) is 38.2 Å². The highest BCUT2D eigenvalue weighted by molar-refractivity contribution is 6.04. The number of ether oxygens (including phenoxy) is 1. The van der Waals surface area contributed by atoms with Crippen LogP contribution in [0.4, 0.5) is 5.69 Å². The molecule has 0 bridgehead atoms. The number of hydrogen-bond acceptors (Lipinski definition) is 3. The average molecular weight is 337 g/mol. The lowest BCUT2D eigenvalue weighted by atomic mass is 10.0. The lowest BCUT2D eigenvalue weighted by Gasteiger charge is -2.06. The first kappa shape index (κ1) is 18.8. The van der Waals surface area contributed by atoms with Crippen LogP contribution in [0, 0.1) is 0 Å². The molecular formula is C22H27NO2. The Hall–Kier alpha value is -2.55. The van der Waals surface area contributed by atoms with Crippen LogP contribution in [0.3, 0.4) is 0 Å². The van der Waals surface area contributed by atoms with Gasteiger partial charge < -0.3 is 10.1 Å². The molecule has 0 saturated heterocycles. The number of carbonyl (C=O) groups excluding carboxylic acids is 1. The molecule has 132 valence electrons. The molecule has 25 heavy (non-hydrogen) atoms. The first-order valence-electron chi connectivity index (χ1n) is 8.90. The van der Waals surface area contributed by atoms with Crippen LogP contribution in [0.5, 0.6) is 5.75 Å². The summed E-state index contributed by atoms with van der Waals surface area (Å²) in [5, 5.41) is 3.13. The van der Waals surface area contributed by atoms with Gasteiger partial charge in [0.2, 0.25) is 0 Å². The highest BCUT2D eigenvalue weighted by atomic mass is 16.5. The lowest BCUT2D eigenvalue weighted by Crippen LogP contribution is -1.99. The Kier molecular flexibility index (Phi) is 7.27. The molecule has 0 radical (unpaired) electrons. The third-order valence-corrected chi connectivity index (χ3v) is 3.97. The summed E-state index contributed by atoms with van der Waals surface area (Å²) in [6.07, 6.45) is 5.36. The van der Waals surface area contributed by atoms with E-state index in [4.69, 9.17) is 4.74 Å². The monoisotopic (exact) mass is 337 g/mol. The molecule has 0 spiro atoms. The van der Waals surface area contributed by atoms with Crippen LogP contribution in [0.15, 0.2) is 60.8 Å². The SMILES string of the molecule is CCCCOc1ccc(C(=O)/C=C/Nc2ccc(C(C)C)cc2)cc1. The van der Waals surface area contributed by atoms with Crippen molar-refractivity contribution in [1.29, 1.82) is 0 Å². The number of nitrogens with one attached hydrogen (secondary N) is 1. The van der Waals surface area contributed by atoms with Gasteiger partial charge in [-0.15, -0.1) is 0 Å². The van der Waals surface area contributed by atoms with Gasteiger partial charge in [-0.2, -0.15) is 0 Å². The fourth-order valence-corrected chi connectivity index (χ4v) is 2.32. The molecule has 2 rings (SSSR count). The van der Waals surface area contributed by atoms with Gasteiger partial charge in [-0.25, -0.2) is 0 Å². The fourth-order valence-electron chi connectivity index (χ4n) is 2.32. The lowest BCUT2D eigenvalue weighted by molar-refractivity contribution is 0.104. The summed E-state index contributed by atoms with van der Waals surface area (Å²) in [5.41, 5.74) is 2.91. The first-order chi connectivity index (χ1) is 12.1. The average Bonchev–Trinajstić information content (AvgIpc) is 2.63. The molecule has 3 nitrogen and oxygen atoms in total. The Morgan fingerprint density at radius 1 is 1.08 bits per heavy atom. The maximum atomic E-state index is 12.2. The van der Waals surface area contributed by atoms with Crippen LogP contribution in [0.2, 0.25) is 0 Å². The van der Waals surface area contributed by atoms with Gasteiger partial charge >= 0.3 is 0 Å². The summed E-state index contributed by atoms with van der Waals surface area (Å²) < 4.78 is 5.60. The second kappa shape index (κ2) is 9.67. The number of rotatable bonds is 9. The standard InChI is InChI=1S/C22H27NO2/c1-4-5-16-25-21-12-8-19(9-13-21)22(24)14-15-23-20-10-6-18(7-11-20)17(2)3/h6-15,17,23H,4-5,16H2,1-3H3/b15-14+. The first-order valence-corrected chi connectivity index (χ1v) is 8.90. The summed E-state index contributed by atoms with van der Waals surface area (Å²) in [6, 6.07) is 15.5. The predicted octanol–water partition coefficient (Wildman–Crippen LogP) is 5.80. The molecule has 1 N–H and O–H groups in total. The van der Waals surface area contributed by atoms with Crippen molar-refractivity contribution in [2.24, 2.45) is 0 Å². The van der Waals surface area contributed by atoms with E-state index >= 15 is 0 Å². The Morgan fingerprint density at radius 2 is 1.76 bits per heavy atom. The molecule has 0 aromatic heterocycles. The van der Waals surface area contributed by atoms with E-state index in [0.717, 1.165) is 24.3 Å².